The van der Waals surface area contributed by atoms with Gasteiger partial charge in [0.25, 0.3) is 0 Å². The summed E-state index contributed by atoms with van der Waals surface area (Å²) >= 11 is 0. The molecule has 1 aliphatic heterocycles. The molecule has 1 aromatic rings. The van der Waals surface area contributed by atoms with Crippen LogP contribution in [0, 0.1) is 0 Å². The standard InChI is InChI=1S/C21H36N4O2.HI/c1-22-21(23-12-8-16-26-18-9-3-2-4-10-18)24-17-19(20-11-7-15-27-20)25-13-5-6-14-25;/h7,11,15,18-19H,2-6,8-10,12-14,16-17H2,1H3,(H2,22,23,24);1H. The van der Waals surface area contributed by atoms with Crippen molar-refractivity contribution in [2.24, 2.45) is 4.99 Å². The van der Waals surface area contributed by atoms with E-state index in [0.717, 1.165) is 50.9 Å². The molecule has 7 heteroatoms. The third kappa shape index (κ3) is 7.55. The normalized spacial score (nSPS) is 20.0. The molecule has 0 aromatic carbocycles. The highest BCUT2D eigenvalue weighted by atomic mass is 127. The molecular weight excluding hydrogens is 467 g/mol. The highest BCUT2D eigenvalue weighted by Crippen LogP contribution is 2.24. The summed E-state index contributed by atoms with van der Waals surface area (Å²) in [6.45, 7) is 4.78. The molecule has 0 bridgehead atoms. The molecule has 0 radical (unpaired) electrons. The Kier molecular flexibility index (Phi) is 11.3. The number of nitrogens with zero attached hydrogens (tertiary/aromatic N) is 2. The van der Waals surface area contributed by atoms with Gasteiger partial charge in [-0.25, -0.2) is 0 Å². The summed E-state index contributed by atoms with van der Waals surface area (Å²) in [5.74, 6) is 1.88. The van der Waals surface area contributed by atoms with Crippen molar-refractivity contribution in [3.63, 3.8) is 0 Å². The monoisotopic (exact) mass is 504 g/mol. The van der Waals surface area contributed by atoms with Crippen LogP contribution in [0.4, 0.5) is 0 Å². The SMILES string of the molecule is CN=C(NCCCOC1CCCCC1)NCC(c1ccco1)N1CCCC1.I. The molecule has 1 saturated heterocycles. The van der Waals surface area contributed by atoms with E-state index >= 15 is 0 Å². The van der Waals surface area contributed by atoms with Crippen LogP contribution in [0.2, 0.25) is 0 Å². The lowest BCUT2D eigenvalue weighted by molar-refractivity contribution is 0.0277. The minimum atomic E-state index is 0. The average Bonchev–Trinajstić information content (AvgIpc) is 3.42. The van der Waals surface area contributed by atoms with Crippen LogP contribution in [0.3, 0.4) is 0 Å². The van der Waals surface area contributed by atoms with Crippen molar-refractivity contribution < 1.29 is 9.15 Å². The van der Waals surface area contributed by atoms with E-state index in [1.54, 1.807) is 6.26 Å². The van der Waals surface area contributed by atoms with Gasteiger partial charge in [0, 0.05) is 26.7 Å². The third-order valence-corrected chi connectivity index (χ3v) is 5.66. The zero-order valence-corrected chi connectivity index (χ0v) is 19.5. The van der Waals surface area contributed by atoms with E-state index in [9.17, 15) is 0 Å². The molecule has 3 rings (SSSR count). The number of aliphatic imine (C=N–C) groups is 1. The molecular formula is C21H37IN4O2. The Hall–Kier alpha value is -0.800. The Balaban J connectivity index is 0.00000280. The van der Waals surface area contributed by atoms with Gasteiger partial charge in [0.1, 0.15) is 5.76 Å². The first-order valence-electron chi connectivity index (χ1n) is 10.7. The summed E-state index contributed by atoms with van der Waals surface area (Å²) in [6, 6.07) is 4.30. The number of hydrogen-bond donors (Lipinski definition) is 2. The lowest BCUT2D eigenvalue weighted by atomic mass is 9.98. The minimum Gasteiger partial charge on any atom is -0.468 e. The van der Waals surface area contributed by atoms with Crippen LogP contribution in [0.25, 0.3) is 0 Å². The summed E-state index contributed by atoms with van der Waals surface area (Å²) in [7, 11) is 1.83. The summed E-state index contributed by atoms with van der Waals surface area (Å²) in [6.07, 6.45) is 12.3. The van der Waals surface area contributed by atoms with Gasteiger partial charge in [-0.05, 0) is 57.3 Å². The second-order valence-electron chi connectivity index (χ2n) is 7.64. The molecule has 1 atom stereocenters. The van der Waals surface area contributed by atoms with Gasteiger partial charge in [0.05, 0.1) is 18.4 Å². The molecule has 2 N–H and O–H groups in total. The zero-order valence-electron chi connectivity index (χ0n) is 17.2. The fourth-order valence-electron chi connectivity index (χ4n) is 4.12. The smallest absolute Gasteiger partial charge is 0.191 e. The van der Waals surface area contributed by atoms with E-state index in [2.05, 4.69) is 26.6 Å². The number of halogens is 1. The van der Waals surface area contributed by atoms with Crippen LogP contribution in [0.5, 0.6) is 0 Å². The average molecular weight is 504 g/mol. The molecule has 160 valence electrons. The molecule has 0 spiro atoms. The number of likely N-dealkylation sites (tertiary alicyclic amines) is 1. The van der Waals surface area contributed by atoms with Gasteiger partial charge >= 0.3 is 0 Å². The Morgan fingerprint density at radius 2 is 2.00 bits per heavy atom. The second-order valence-corrected chi connectivity index (χ2v) is 7.64. The van der Waals surface area contributed by atoms with Gasteiger partial charge in [0.15, 0.2) is 5.96 Å². The van der Waals surface area contributed by atoms with E-state index in [1.165, 1.54) is 44.9 Å². The fourth-order valence-corrected chi connectivity index (χ4v) is 4.12. The van der Waals surface area contributed by atoms with E-state index in [1.807, 2.05) is 13.1 Å². The molecule has 2 aliphatic rings. The number of hydrogen-bond acceptors (Lipinski definition) is 4. The fraction of sp³-hybridized carbons (Fsp3) is 0.762. The zero-order chi connectivity index (χ0) is 18.7. The highest BCUT2D eigenvalue weighted by Gasteiger charge is 2.25. The maximum absolute atomic E-state index is 5.99. The van der Waals surface area contributed by atoms with Gasteiger partial charge in [-0.15, -0.1) is 24.0 Å². The first kappa shape index (κ1) is 23.5. The number of rotatable bonds is 9. The van der Waals surface area contributed by atoms with E-state index < -0.39 is 0 Å². The van der Waals surface area contributed by atoms with Crippen molar-refractivity contribution >= 4 is 29.9 Å². The minimum absolute atomic E-state index is 0. The second kappa shape index (κ2) is 13.4. The molecule has 1 aliphatic carbocycles. The van der Waals surface area contributed by atoms with Crippen molar-refractivity contribution in [1.29, 1.82) is 0 Å². The number of guanidine groups is 1. The summed E-state index contributed by atoms with van der Waals surface area (Å²) in [5, 5.41) is 6.88. The molecule has 2 fully saturated rings. The Labute approximate surface area is 186 Å². The largest absolute Gasteiger partial charge is 0.468 e. The summed E-state index contributed by atoms with van der Waals surface area (Å²) < 4.78 is 11.7. The van der Waals surface area contributed by atoms with Gasteiger partial charge in [-0.3, -0.25) is 9.89 Å². The Morgan fingerprint density at radius 1 is 1.21 bits per heavy atom. The highest BCUT2D eigenvalue weighted by molar-refractivity contribution is 14.0. The van der Waals surface area contributed by atoms with Crippen LogP contribution < -0.4 is 10.6 Å². The van der Waals surface area contributed by atoms with Crippen LogP contribution in [-0.2, 0) is 4.74 Å². The quantitative estimate of drug-likeness (QED) is 0.231. The molecule has 1 saturated carbocycles. The topological polar surface area (TPSA) is 62.0 Å². The van der Waals surface area contributed by atoms with E-state index in [-0.39, 0.29) is 30.0 Å². The lowest BCUT2D eigenvalue weighted by Gasteiger charge is -2.26. The maximum Gasteiger partial charge on any atom is 0.191 e. The summed E-state index contributed by atoms with van der Waals surface area (Å²) in [4.78, 5) is 6.86. The molecule has 28 heavy (non-hydrogen) atoms. The predicted octanol–water partition coefficient (Wildman–Crippen LogP) is 3.94. The number of ether oxygens (including phenoxy) is 1. The molecule has 1 aromatic heterocycles. The first-order valence-corrected chi connectivity index (χ1v) is 10.7. The van der Waals surface area contributed by atoms with E-state index in [4.69, 9.17) is 9.15 Å². The lowest BCUT2D eigenvalue weighted by Crippen LogP contribution is -2.43. The van der Waals surface area contributed by atoms with Crippen molar-refractivity contribution in [2.75, 3.05) is 39.8 Å². The van der Waals surface area contributed by atoms with E-state index in [0.29, 0.717) is 6.10 Å². The van der Waals surface area contributed by atoms with Crippen LogP contribution in [0.15, 0.2) is 27.8 Å². The van der Waals surface area contributed by atoms with Gasteiger partial charge in [0.2, 0.25) is 0 Å². The van der Waals surface area contributed by atoms with Gasteiger partial charge < -0.3 is 19.8 Å². The van der Waals surface area contributed by atoms with Crippen molar-refractivity contribution in [3.05, 3.63) is 24.2 Å². The van der Waals surface area contributed by atoms with Gasteiger partial charge in [-0.2, -0.15) is 0 Å². The van der Waals surface area contributed by atoms with Crippen molar-refractivity contribution in [2.45, 2.75) is 63.5 Å². The number of nitrogens with one attached hydrogen (secondary N) is 2. The summed E-state index contributed by atoms with van der Waals surface area (Å²) in [5.41, 5.74) is 0. The van der Waals surface area contributed by atoms with Crippen molar-refractivity contribution in [3.8, 4) is 0 Å². The van der Waals surface area contributed by atoms with Crippen LogP contribution >= 0.6 is 24.0 Å². The molecule has 1 unspecified atom stereocenters. The third-order valence-electron chi connectivity index (χ3n) is 5.66. The Morgan fingerprint density at radius 3 is 2.68 bits per heavy atom. The van der Waals surface area contributed by atoms with Crippen LogP contribution in [0.1, 0.15) is 63.2 Å². The molecule has 6 nitrogen and oxygen atoms in total. The maximum atomic E-state index is 5.99. The first-order chi connectivity index (χ1) is 13.4. The van der Waals surface area contributed by atoms with Crippen LogP contribution in [-0.4, -0.2) is 56.8 Å². The molecule has 2 heterocycles. The van der Waals surface area contributed by atoms with Gasteiger partial charge in [-0.1, -0.05) is 19.3 Å². The van der Waals surface area contributed by atoms with Crippen molar-refractivity contribution in [1.82, 2.24) is 15.5 Å². The Bertz CT molecular complexity index is 541. The number of furan rings is 1. The predicted molar refractivity (Wildman–Crippen MR) is 124 cm³/mol. The molecule has 0 amide bonds.